The number of phenolic OH excluding ortho intramolecular Hbond substituents is 1. The van der Waals surface area contributed by atoms with Crippen LogP contribution < -0.4 is 14.2 Å². The lowest BCUT2D eigenvalue weighted by Crippen LogP contribution is -2.10. The van der Waals surface area contributed by atoms with E-state index in [0.717, 1.165) is 11.3 Å². The smallest absolute Gasteiger partial charge is 0.161 e. The number of ether oxygens (including phenoxy) is 3. The third-order valence-corrected chi connectivity index (χ3v) is 3.00. The number of aromatic hydroxyl groups is 1. The molecule has 0 saturated heterocycles. The van der Waals surface area contributed by atoms with Crippen LogP contribution in [0.15, 0.2) is 42.5 Å². The lowest BCUT2D eigenvalue weighted by molar-refractivity contribution is 0.207. The van der Waals surface area contributed by atoms with Gasteiger partial charge in [0.2, 0.25) is 0 Å². The molecule has 4 nitrogen and oxygen atoms in total. The van der Waals surface area contributed by atoms with Crippen molar-refractivity contribution in [3.05, 3.63) is 48.0 Å². The Balaban J connectivity index is 1.86. The number of hydrogen-bond donors (Lipinski definition) is 1. The molecule has 0 amide bonds. The van der Waals surface area contributed by atoms with Gasteiger partial charge in [-0.05, 0) is 38.1 Å². The van der Waals surface area contributed by atoms with E-state index in [-0.39, 0.29) is 5.75 Å². The van der Waals surface area contributed by atoms with Gasteiger partial charge in [-0.2, -0.15) is 0 Å². The van der Waals surface area contributed by atoms with E-state index in [4.69, 9.17) is 14.2 Å². The third kappa shape index (κ3) is 4.05. The monoisotopic (exact) mass is 288 g/mol. The van der Waals surface area contributed by atoms with E-state index < -0.39 is 0 Å². The Morgan fingerprint density at radius 2 is 1.38 bits per heavy atom. The van der Waals surface area contributed by atoms with Gasteiger partial charge in [-0.25, -0.2) is 0 Å². The first-order valence-electron chi connectivity index (χ1n) is 6.98. The summed E-state index contributed by atoms with van der Waals surface area (Å²) in [5, 5.41) is 9.60. The van der Waals surface area contributed by atoms with Gasteiger partial charge in [-0.3, -0.25) is 0 Å². The molecule has 0 heterocycles. The molecule has 0 unspecified atom stereocenters. The van der Waals surface area contributed by atoms with E-state index in [1.165, 1.54) is 0 Å². The highest BCUT2D eigenvalue weighted by Gasteiger charge is 2.05. The average Bonchev–Trinajstić information content (AvgIpc) is 2.49. The molecular formula is C17H20O4. The molecule has 4 heteroatoms. The number of para-hydroxylation sites is 2. The Morgan fingerprint density at radius 1 is 0.810 bits per heavy atom. The van der Waals surface area contributed by atoms with Gasteiger partial charge in [-0.15, -0.1) is 0 Å². The predicted molar refractivity (Wildman–Crippen MR) is 81.4 cm³/mol. The molecule has 0 aliphatic heterocycles. The lowest BCUT2D eigenvalue weighted by Gasteiger charge is -2.13. The van der Waals surface area contributed by atoms with E-state index in [9.17, 15) is 5.11 Å². The normalized spacial score (nSPS) is 10.2. The zero-order chi connectivity index (χ0) is 15.1. The second-order valence-corrected chi connectivity index (χ2v) is 4.48. The molecule has 1 N–H and O–H groups in total. The van der Waals surface area contributed by atoms with Crippen molar-refractivity contribution >= 4 is 0 Å². The standard InChI is InChI=1S/C17H20O4/c1-3-19-16-8-4-5-9-17(16)21-12-11-20-15-10-6-7-14(18)13(15)2/h4-10,18H,3,11-12H2,1-2H3. The number of phenols is 1. The molecule has 0 aliphatic rings. The molecule has 0 saturated carbocycles. The Kier molecular flexibility index (Phi) is 5.32. The van der Waals surface area contributed by atoms with Gasteiger partial charge in [0, 0.05) is 5.56 Å². The second-order valence-electron chi connectivity index (χ2n) is 4.48. The van der Waals surface area contributed by atoms with Crippen LogP contribution >= 0.6 is 0 Å². The molecule has 2 rings (SSSR count). The van der Waals surface area contributed by atoms with Crippen LogP contribution in [0, 0.1) is 6.92 Å². The van der Waals surface area contributed by atoms with Gasteiger partial charge in [0.1, 0.15) is 24.7 Å². The van der Waals surface area contributed by atoms with E-state index in [2.05, 4.69) is 0 Å². The molecular weight excluding hydrogens is 268 g/mol. The average molecular weight is 288 g/mol. The summed E-state index contributed by atoms with van der Waals surface area (Å²) in [6, 6.07) is 12.8. The van der Waals surface area contributed by atoms with Crippen LogP contribution in [-0.2, 0) is 0 Å². The first-order valence-corrected chi connectivity index (χ1v) is 6.98. The molecule has 0 bridgehead atoms. The molecule has 0 spiro atoms. The van der Waals surface area contributed by atoms with Crippen molar-refractivity contribution in [3.8, 4) is 23.0 Å². The molecule has 0 aromatic heterocycles. The Bertz CT molecular complexity index is 581. The highest BCUT2D eigenvalue weighted by molar-refractivity contribution is 5.42. The fourth-order valence-electron chi connectivity index (χ4n) is 1.91. The molecule has 0 atom stereocenters. The zero-order valence-electron chi connectivity index (χ0n) is 12.3. The fraction of sp³-hybridized carbons (Fsp3) is 0.294. The van der Waals surface area contributed by atoms with E-state index in [1.54, 1.807) is 12.1 Å². The highest BCUT2D eigenvalue weighted by atomic mass is 16.5. The van der Waals surface area contributed by atoms with Crippen molar-refractivity contribution in [2.45, 2.75) is 13.8 Å². The molecule has 0 radical (unpaired) electrons. The lowest BCUT2D eigenvalue weighted by atomic mass is 10.2. The van der Waals surface area contributed by atoms with Gasteiger partial charge in [0.25, 0.3) is 0 Å². The van der Waals surface area contributed by atoms with Crippen LogP contribution in [0.2, 0.25) is 0 Å². The van der Waals surface area contributed by atoms with Gasteiger partial charge in [0.05, 0.1) is 6.61 Å². The zero-order valence-corrected chi connectivity index (χ0v) is 12.3. The van der Waals surface area contributed by atoms with Crippen molar-refractivity contribution in [2.24, 2.45) is 0 Å². The van der Waals surface area contributed by atoms with E-state index in [1.807, 2.05) is 44.2 Å². The molecule has 2 aromatic carbocycles. The van der Waals surface area contributed by atoms with Crippen LogP contribution in [0.1, 0.15) is 12.5 Å². The Hall–Kier alpha value is -2.36. The third-order valence-electron chi connectivity index (χ3n) is 3.00. The van der Waals surface area contributed by atoms with E-state index >= 15 is 0 Å². The van der Waals surface area contributed by atoms with Crippen LogP contribution in [0.3, 0.4) is 0 Å². The van der Waals surface area contributed by atoms with Crippen LogP contribution in [-0.4, -0.2) is 24.9 Å². The van der Waals surface area contributed by atoms with Crippen molar-refractivity contribution < 1.29 is 19.3 Å². The maximum absolute atomic E-state index is 9.60. The van der Waals surface area contributed by atoms with Gasteiger partial charge in [-0.1, -0.05) is 18.2 Å². The van der Waals surface area contributed by atoms with E-state index in [0.29, 0.717) is 31.3 Å². The van der Waals surface area contributed by atoms with Crippen molar-refractivity contribution in [1.82, 2.24) is 0 Å². The highest BCUT2D eigenvalue weighted by Crippen LogP contribution is 2.27. The maximum atomic E-state index is 9.60. The summed E-state index contributed by atoms with van der Waals surface area (Å²) in [6.45, 7) is 5.14. The van der Waals surface area contributed by atoms with Crippen molar-refractivity contribution in [1.29, 1.82) is 0 Å². The van der Waals surface area contributed by atoms with Crippen molar-refractivity contribution in [3.63, 3.8) is 0 Å². The summed E-state index contributed by atoms with van der Waals surface area (Å²) in [7, 11) is 0. The Morgan fingerprint density at radius 3 is 2.05 bits per heavy atom. The van der Waals surface area contributed by atoms with Crippen molar-refractivity contribution in [2.75, 3.05) is 19.8 Å². The number of rotatable bonds is 7. The Labute approximate surface area is 124 Å². The number of benzene rings is 2. The van der Waals surface area contributed by atoms with Crippen LogP contribution in [0.4, 0.5) is 0 Å². The minimum absolute atomic E-state index is 0.232. The maximum Gasteiger partial charge on any atom is 0.161 e. The predicted octanol–water partition coefficient (Wildman–Crippen LogP) is 3.56. The second kappa shape index (κ2) is 7.43. The summed E-state index contributed by atoms with van der Waals surface area (Å²) in [4.78, 5) is 0. The quantitative estimate of drug-likeness (QED) is 0.791. The SMILES string of the molecule is CCOc1ccccc1OCCOc1cccc(O)c1C. The minimum Gasteiger partial charge on any atom is -0.508 e. The molecule has 0 fully saturated rings. The number of hydrogen-bond acceptors (Lipinski definition) is 4. The van der Waals surface area contributed by atoms with Crippen LogP contribution in [0.25, 0.3) is 0 Å². The summed E-state index contributed by atoms with van der Waals surface area (Å²) in [6.07, 6.45) is 0. The fourth-order valence-corrected chi connectivity index (χ4v) is 1.91. The molecule has 21 heavy (non-hydrogen) atoms. The summed E-state index contributed by atoms with van der Waals surface area (Å²) >= 11 is 0. The van der Waals surface area contributed by atoms with Gasteiger partial charge < -0.3 is 19.3 Å². The molecule has 0 aliphatic carbocycles. The first kappa shape index (κ1) is 15.0. The topological polar surface area (TPSA) is 47.9 Å². The summed E-state index contributed by atoms with van der Waals surface area (Å²) in [5.41, 5.74) is 0.729. The van der Waals surface area contributed by atoms with Crippen LogP contribution in [0.5, 0.6) is 23.0 Å². The largest absolute Gasteiger partial charge is 0.508 e. The molecule has 2 aromatic rings. The van der Waals surface area contributed by atoms with Gasteiger partial charge >= 0.3 is 0 Å². The molecule has 112 valence electrons. The minimum atomic E-state index is 0.232. The first-order chi connectivity index (χ1) is 10.2. The van der Waals surface area contributed by atoms with Gasteiger partial charge in [0.15, 0.2) is 11.5 Å². The summed E-state index contributed by atoms with van der Waals surface area (Å²) in [5.74, 6) is 2.33. The summed E-state index contributed by atoms with van der Waals surface area (Å²) < 4.78 is 16.8.